The Labute approximate surface area is 198 Å². The van der Waals surface area contributed by atoms with Gasteiger partial charge in [-0.2, -0.15) is 0 Å². The molecule has 32 heavy (non-hydrogen) atoms. The summed E-state index contributed by atoms with van der Waals surface area (Å²) in [5, 5.41) is 8.59. The lowest BCUT2D eigenvalue weighted by molar-refractivity contribution is 0.186. The molecule has 0 spiro atoms. The minimum Gasteiger partial charge on any atom is -0.361 e. The van der Waals surface area contributed by atoms with Gasteiger partial charge in [0.15, 0.2) is 0 Å². The highest BCUT2D eigenvalue weighted by Gasteiger charge is 2.32. The molecule has 5 nitrogen and oxygen atoms in total. The van der Waals surface area contributed by atoms with E-state index in [1.807, 2.05) is 36.5 Å². The molecule has 7 heteroatoms. The van der Waals surface area contributed by atoms with Crippen LogP contribution in [0.25, 0.3) is 10.9 Å². The predicted octanol–water partition coefficient (Wildman–Crippen LogP) is 5.53. The monoisotopic (exact) mass is 470 g/mol. The number of hydrogen-bond acceptors (Lipinski definition) is 2. The van der Waals surface area contributed by atoms with Gasteiger partial charge in [-0.15, -0.1) is 0 Å². The summed E-state index contributed by atoms with van der Waals surface area (Å²) in [5.74, 6) is -0.0987. The lowest BCUT2D eigenvalue weighted by Gasteiger charge is -2.32. The Balaban J connectivity index is 1.29. The number of halogens is 2. The summed E-state index contributed by atoms with van der Waals surface area (Å²) in [6, 6.07) is 14.6. The Bertz CT molecular complexity index is 1100. The highest BCUT2D eigenvalue weighted by atomic mass is 35.5. The molecular weight excluding hydrogens is 443 g/mol. The van der Waals surface area contributed by atoms with Gasteiger partial charge in [-0.05, 0) is 55.0 Å². The van der Waals surface area contributed by atoms with Crippen LogP contribution in [0.3, 0.4) is 0 Å². The van der Waals surface area contributed by atoms with E-state index < -0.39 is 0 Å². The average molecular weight is 471 g/mol. The highest BCUT2D eigenvalue weighted by molar-refractivity contribution is 6.35. The van der Waals surface area contributed by atoms with Gasteiger partial charge in [0.05, 0.1) is 0 Å². The third kappa shape index (κ3) is 4.75. The predicted molar refractivity (Wildman–Crippen MR) is 131 cm³/mol. The van der Waals surface area contributed by atoms with Crippen molar-refractivity contribution in [2.24, 2.45) is 0 Å². The number of carbonyl (C=O) groups excluding carboxylic acids is 1. The van der Waals surface area contributed by atoms with Gasteiger partial charge in [-0.25, -0.2) is 4.79 Å². The maximum Gasteiger partial charge on any atom is 0.315 e. The lowest BCUT2D eigenvalue weighted by atomic mass is 9.91. The fourth-order valence-electron chi connectivity index (χ4n) is 4.83. The van der Waals surface area contributed by atoms with Crippen LogP contribution in [0.15, 0.2) is 48.7 Å². The summed E-state index contributed by atoms with van der Waals surface area (Å²) in [6.45, 7) is 2.60. The zero-order valence-corrected chi connectivity index (χ0v) is 19.4. The second kappa shape index (κ2) is 9.34. The van der Waals surface area contributed by atoms with Crippen LogP contribution in [0.2, 0.25) is 10.0 Å². The summed E-state index contributed by atoms with van der Waals surface area (Å²) >= 11 is 12.7. The molecule has 1 aliphatic heterocycles. The Morgan fingerprint density at radius 2 is 1.84 bits per heavy atom. The molecule has 168 valence electrons. The SMILES string of the molecule is O=C(NCC(c1ccc(Cl)cc1Cl)c1c[nH]c2ccccc12)NC1CCN(C2CC2)CC1. The number of rotatable bonds is 6. The first-order valence-electron chi connectivity index (χ1n) is 11.4. The van der Waals surface area contributed by atoms with Crippen LogP contribution in [0, 0.1) is 0 Å². The van der Waals surface area contributed by atoms with Crippen LogP contribution >= 0.6 is 23.2 Å². The summed E-state index contributed by atoms with van der Waals surface area (Å²) in [4.78, 5) is 18.6. The summed E-state index contributed by atoms with van der Waals surface area (Å²) < 4.78 is 0. The van der Waals surface area contributed by atoms with Crippen molar-refractivity contribution in [1.82, 2.24) is 20.5 Å². The molecule has 2 heterocycles. The molecule has 5 rings (SSSR count). The van der Waals surface area contributed by atoms with Crippen molar-refractivity contribution >= 4 is 40.1 Å². The normalized spacial score (nSPS) is 18.6. The van der Waals surface area contributed by atoms with Gasteiger partial charge in [0.25, 0.3) is 0 Å². The van der Waals surface area contributed by atoms with Crippen LogP contribution < -0.4 is 10.6 Å². The van der Waals surface area contributed by atoms with E-state index >= 15 is 0 Å². The van der Waals surface area contributed by atoms with E-state index in [4.69, 9.17) is 23.2 Å². The quantitative estimate of drug-likeness (QED) is 0.443. The van der Waals surface area contributed by atoms with Gasteiger partial charge >= 0.3 is 6.03 Å². The van der Waals surface area contributed by atoms with Gasteiger partial charge in [0, 0.05) is 64.8 Å². The molecule has 1 saturated heterocycles. The number of nitrogens with one attached hydrogen (secondary N) is 3. The molecule has 1 atom stereocenters. The van der Waals surface area contributed by atoms with Crippen molar-refractivity contribution in [3.8, 4) is 0 Å². The van der Waals surface area contributed by atoms with E-state index in [1.54, 1.807) is 6.07 Å². The van der Waals surface area contributed by atoms with Gasteiger partial charge in [0.1, 0.15) is 0 Å². The van der Waals surface area contributed by atoms with E-state index in [0.717, 1.165) is 54.0 Å². The molecule has 1 saturated carbocycles. The minimum absolute atomic E-state index is 0.0987. The number of nitrogens with zero attached hydrogens (tertiary/aromatic N) is 1. The van der Waals surface area contributed by atoms with E-state index in [9.17, 15) is 4.79 Å². The van der Waals surface area contributed by atoms with Crippen molar-refractivity contribution in [2.45, 2.75) is 43.7 Å². The maximum absolute atomic E-state index is 12.7. The fourth-order valence-corrected chi connectivity index (χ4v) is 5.37. The molecule has 3 aromatic rings. The minimum atomic E-state index is -0.121. The van der Waals surface area contributed by atoms with E-state index in [-0.39, 0.29) is 18.0 Å². The summed E-state index contributed by atoms with van der Waals surface area (Å²) in [7, 11) is 0. The van der Waals surface area contributed by atoms with E-state index in [2.05, 4.69) is 26.6 Å². The number of piperidine rings is 1. The largest absolute Gasteiger partial charge is 0.361 e. The molecule has 3 N–H and O–H groups in total. The number of H-pyrrole nitrogens is 1. The number of para-hydroxylation sites is 1. The maximum atomic E-state index is 12.7. The number of carbonyl (C=O) groups is 1. The Hall–Kier alpha value is -2.21. The molecular formula is C25H28Cl2N4O. The molecule has 0 radical (unpaired) electrons. The number of urea groups is 1. The average Bonchev–Trinajstić information content (AvgIpc) is 3.55. The first kappa shape index (κ1) is 21.6. The van der Waals surface area contributed by atoms with Gasteiger partial charge in [-0.3, -0.25) is 0 Å². The fraction of sp³-hybridized carbons (Fsp3) is 0.400. The van der Waals surface area contributed by atoms with Crippen LogP contribution in [-0.4, -0.2) is 47.6 Å². The number of hydrogen-bond donors (Lipinski definition) is 3. The van der Waals surface area contributed by atoms with Crippen molar-refractivity contribution < 1.29 is 4.79 Å². The van der Waals surface area contributed by atoms with Crippen LogP contribution in [0.5, 0.6) is 0 Å². The molecule has 1 unspecified atom stereocenters. The van der Waals surface area contributed by atoms with Crippen molar-refractivity contribution in [2.75, 3.05) is 19.6 Å². The van der Waals surface area contributed by atoms with Crippen LogP contribution in [-0.2, 0) is 0 Å². The van der Waals surface area contributed by atoms with Crippen molar-refractivity contribution in [3.05, 3.63) is 69.8 Å². The first-order valence-corrected chi connectivity index (χ1v) is 12.1. The summed E-state index contributed by atoms with van der Waals surface area (Å²) in [6.07, 6.45) is 6.70. The van der Waals surface area contributed by atoms with Gasteiger partial charge < -0.3 is 20.5 Å². The third-order valence-electron chi connectivity index (χ3n) is 6.73. The topological polar surface area (TPSA) is 60.2 Å². The van der Waals surface area contributed by atoms with Crippen molar-refractivity contribution in [1.29, 1.82) is 0 Å². The molecule has 1 aliphatic carbocycles. The van der Waals surface area contributed by atoms with Crippen LogP contribution in [0.1, 0.15) is 42.7 Å². The zero-order chi connectivity index (χ0) is 22.1. The molecule has 1 aromatic heterocycles. The number of likely N-dealkylation sites (tertiary alicyclic amines) is 1. The lowest BCUT2D eigenvalue weighted by Crippen LogP contribution is -2.48. The van der Waals surface area contributed by atoms with Crippen molar-refractivity contribution in [3.63, 3.8) is 0 Å². The van der Waals surface area contributed by atoms with Gasteiger partial charge in [-0.1, -0.05) is 47.5 Å². The molecule has 2 fully saturated rings. The molecule has 0 bridgehead atoms. The number of aromatic amines is 1. The molecule has 2 aromatic carbocycles. The number of aromatic nitrogens is 1. The van der Waals surface area contributed by atoms with E-state index in [0.29, 0.717) is 16.6 Å². The highest BCUT2D eigenvalue weighted by Crippen LogP contribution is 2.35. The smallest absolute Gasteiger partial charge is 0.315 e. The summed E-state index contributed by atoms with van der Waals surface area (Å²) in [5.41, 5.74) is 3.10. The second-order valence-corrected chi connectivity index (χ2v) is 9.75. The number of amides is 2. The number of benzene rings is 2. The first-order chi connectivity index (χ1) is 15.6. The third-order valence-corrected chi connectivity index (χ3v) is 7.29. The van der Waals surface area contributed by atoms with Gasteiger partial charge in [0.2, 0.25) is 0 Å². The Morgan fingerprint density at radius 1 is 1.06 bits per heavy atom. The molecule has 2 aliphatic rings. The zero-order valence-electron chi connectivity index (χ0n) is 17.9. The standard InChI is InChI=1S/C25H28Cl2N4O/c26-16-5-8-19(23(27)13-16)21(22-14-28-24-4-2-1-3-20(22)24)15-29-25(32)30-17-9-11-31(12-10-17)18-6-7-18/h1-5,8,13-14,17-18,21,28H,6-7,9-12,15H2,(H2,29,30,32). The van der Waals surface area contributed by atoms with Crippen LogP contribution in [0.4, 0.5) is 4.79 Å². The Kier molecular flexibility index (Phi) is 6.31. The molecule has 2 amide bonds. The number of fused-ring (bicyclic) bond motifs is 1. The van der Waals surface area contributed by atoms with E-state index in [1.165, 1.54) is 12.8 Å². The second-order valence-electron chi connectivity index (χ2n) is 8.90. The Morgan fingerprint density at radius 3 is 2.59 bits per heavy atom.